The molecule has 1 aliphatic rings. The monoisotopic (exact) mass is 388 g/mol. The number of thioether (sulfide) groups is 1. The number of hydrogen-bond acceptors (Lipinski definition) is 7. The summed E-state index contributed by atoms with van der Waals surface area (Å²) in [6.07, 6.45) is 0.914. The van der Waals surface area contributed by atoms with Crippen LogP contribution in [0.5, 0.6) is 0 Å². The fourth-order valence-corrected chi connectivity index (χ4v) is 5.55. The van der Waals surface area contributed by atoms with E-state index in [0.29, 0.717) is 15.2 Å². The number of benzene rings is 1. The van der Waals surface area contributed by atoms with Crippen LogP contribution in [0, 0.1) is 0 Å². The molecule has 1 unspecified atom stereocenters. The van der Waals surface area contributed by atoms with Crippen molar-refractivity contribution in [1.29, 1.82) is 0 Å². The molecule has 0 saturated carbocycles. The van der Waals surface area contributed by atoms with Gasteiger partial charge in [0, 0.05) is 10.6 Å². The highest BCUT2D eigenvalue weighted by Gasteiger charge is 2.31. The quantitative estimate of drug-likeness (QED) is 0.702. The number of carbonyl (C=O) groups is 1. The molecule has 128 valence electrons. The summed E-state index contributed by atoms with van der Waals surface area (Å²) >= 11 is 4.52. The van der Waals surface area contributed by atoms with Gasteiger partial charge in [-0.05, 0) is 37.6 Å². The maximum atomic E-state index is 12.6. The van der Waals surface area contributed by atoms with Crippen molar-refractivity contribution in [3.8, 4) is 0 Å². The Morgan fingerprint density at radius 3 is 2.88 bits per heavy atom. The fraction of sp³-hybridized carbons (Fsp3) is 0.235. The van der Waals surface area contributed by atoms with Crippen LogP contribution in [0.3, 0.4) is 0 Å². The van der Waals surface area contributed by atoms with Crippen molar-refractivity contribution in [1.82, 2.24) is 4.98 Å². The maximum absolute atomic E-state index is 12.6. The van der Waals surface area contributed by atoms with Crippen LogP contribution in [-0.4, -0.2) is 21.8 Å². The van der Waals surface area contributed by atoms with E-state index >= 15 is 0 Å². The molecule has 1 aliphatic heterocycles. The highest BCUT2D eigenvalue weighted by molar-refractivity contribution is 8.13. The number of aliphatic imine (C=N–C) groups is 1. The third-order valence-corrected chi connectivity index (χ3v) is 7.15. The van der Waals surface area contributed by atoms with Crippen LogP contribution in [0.4, 0.5) is 5.13 Å². The summed E-state index contributed by atoms with van der Waals surface area (Å²) in [5, 5.41) is 4.13. The number of fused-ring (bicyclic) bond motifs is 1. The summed E-state index contributed by atoms with van der Waals surface area (Å²) in [5.41, 5.74) is 6.44. The van der Waals surface area contributed by atoms with Crippen LogP contribution in [0.15, 0.2) is 41.4 Å². The topological polar surface area (TPSA) is 80.4 Å². The number of aromatic nitrogens is 1. The minimum absolute atomic E-state index is 0.138. The molecule has 0 fully saturated rings. The van der Waals surface area contributed by atoms with Gasteiger partial charge in [0.15, 0.2) is 10.3 Å². The zero-order valence-electron chi connectivity index (χ0n) is 13.5. The van der Waals surface area contributed by atoms with Crippen molar-refractivity contribution in [2.75, 3.05) is 11.1 Å². The number of para-hydroxylation sites is 1. The second-order valence-electron chi connectivity index (χ2n) is 5.93. The van der Waals surface area contributed by atoms with Crippen LogP contribution in [0.25, 0.3) is 10.2 Å². The van der Waals surface area contributed by atoms with Crippen molar-refractivity contribution < 1.29 is 4.79 Å². The maximum Gasteiger partial charge on any atom is 0.267 e. The van der Waals surface area contributed by atoms with Crippen molar-refractivity contribution in [2.45, 2.75) is 18.9 Å². The number of thiophene rings is 1. The smallest absolute Gasteiger partial charge is 0.267 e. The number of amides is 1. The van der Waals surface area contributed by atoms with E-state index in [1.54, 1.807) is 11.8 Å². The van der Waals surface area contributed by atoms with E-state index in [1.165, 1.54) is 22.7 Å². The lowest BCUT2D eigenvalue weighted by Gasteiger charge is -2.28. The Morgan fingerprint density at radius 1 is 1.24 bits per heavy atom. The van der Waals surface area contributed by atoms with E-state index < -0.39 is 0 Å². The molecule has 0 radical (unpaired) electrons. The van der Waals surface area contributed by atoms with Gasteiger partial charge in [-0.25, -0.2) is 4.98 Å². The Balaban J connectivity index is 1.55. The normalized spacial score (nSPS) is 20.4. The SMILES string of the molecule is CC1(c2ccc(C(=O)Nc3nc4ccccc4s3)s2)CCSC(N)=N1. The van der Waals surface area contributed by atoms with Gasteiger partial charge in [0.05, 0.1) is 20.6 Å². The van der Waals surface area contributed by atoms with E-state index in [9.17, 15) is 4.79 Å². The second kappa shape index (κ2) is 6.44. The lowest BCUT2D eigenvalue weighted by atomic mass is 9.98. The molecule has 1 aromatic carbocycles. The number of nitrogens with one attached hydrogen (secondary N) is 1. The molecule has 4 rings (SSSR count). The number of nitrogens with two attached hydrogens (primary N) is 1. The lowest BCUT2D eigenvalue weighted by molar-refractivity contribution is 0.103. The van der Waals surface area contributed by atoms with Crippen molar-refractivity contribution in [3.63, 3.8) is 0 Å². The molecule has 0 aliphatic carbocycles. The van der Waals surface area contributed by atoms with Crippen molar-refractivity contribution >= 4 is 60.9 Å². The molecule has 8 heteroatoms. The highest BCUT2D eigenvalue weighted by Crippen LogP contribution is 2.38. The first-order valence-electron chi connectivity index (χ1n) is 7.79. The lowest BCUT2D eigenvalue weighted by Crippen LogP contribution is -2.27. The molecular formula is C17H16N4OS3. The summed E-state index contributed by atoms with van der Waals surface area (Å²) in [6, 6.07) is 11.7. The number of carbonyl (C=O) groups excluding carboxylic acids is 1. The molecule has 2 aromatic heterocycles. The largest absolute Gasteiger partial charge is 0.379 e. The Hall–Kier alpha value is -1.90. The molecule has 0 spiro atoms. The second-order valence-corrected chi connectivity index (χ2v) is 9.16. The summed E-state index contributed by atoms with van der Waals surface area (Å²) < 4.78 is 1.06. The molecule has 0 bridgehead atoms. The van der Waals surface area contributed by atoms with Gasteiger partial charge in [0.2, 0.25) is 0 Å². The van der Waals surface area contributed by atoms with E-state index in [4.69, 9.17) is 5.73 Å². The van der Waals surface area contributed by atoms with Gasteiger partial charge < -0.3 is 5.73 Å². The van der Waals surface area contributed by atoms with Gasteiger partial charge in [-0.3, -0.25) is 15.1 Å². The third kappa shape index (κ3) is 3.29. The van der Waals surface area contributed by atoms with Gasteiger partial charge in [0.25, 0.3) is 5.91 Å². The standard InChI is InChI=1S/C17H16N4OS3/c1-17(8-9-23-15(18)21-17)13-7-6-12(24-13)14(22)20-16-19-10-4-2-3-5-11(10)25-16/h2-7H,8-9H2,1H3,(H2,18,21)(H,19,20,22). The molecule has 3 N–H and O–H groups in total. The first-order valence-corrected chi connectivity index (χ1v) is 10.4. The number of anilines is 1. The van der Waals surface area contributed by atoms with Crippen LogP contribution in [0.1, 0.15) is 27.9 Å². The minimum atomic E-state index is -0.339. The number of rotatable bonds is 3. The number of hydrogen-bond donors (Lipinski definition) is 2. The summed E-state index contributed by atoms with van der Waals surface area (Å²) in [4.78, 5) is 23.3. The Bertz CT molecular complexity index is 944. The van der Waals surface area contributed by atoms with Crippen molar-refractivity contribution in [2.24, 2.45) is 10.7 Å². The van der Waals surface area contributed by atoms with Gasteiger partial charge in [-0.15, -0.1) is 11.3 Å². The minimum Gasteiger partial charge on any atom is -0.379 e. The predicted molar refractivity (Wildman–Crippen MR) is 108 cm³/mol. The summed E-state index contributed by atoms with van der Waals surface area (Å²) in [6.45, 7) is 2.07. The highest BCUT2D eigenvalue weighted by atomic mass is 32.2. The van der Waals surface area contributed by atoms with Crippen molar-refractivity contribution in [3.05, 3.63) is 46.2 Å². The molecule has 5 nitrogen and oxygen atoms in total. The summed E-state index contributed by atoms with van der Waals surface area (Å²) in [5.74, 6) is 0.804. The average molecular weight is 389 g/mol. The van der Waals surface area contributed by atoms with Gasteiger partial charge in [-0.1, -0.05) is 35.2 Å². The first-order chi connectivity index (χ1) is 12.0. The van der Waals surface area contributed by atoms with Crippen LogP contribution in [-0.2, 0) is 5.54 Å². The molecule has 3 heterocycles. The van der Waals surface area contributed by atoms with Crippen LogP contribution in [0.2, 0.25) is 0 Å². The first kappa shape index (κ1) is 16.6. The fourth-order valence-electron chi connectivity index (χ4n) is 2.70. The third-order valence-electron chi connectivity index (χ3n) is 4.07. The van der Waals surface area contributed by atoms with Gasteiger partial charge >= 0.3 is 0 Å². The Morgan fingerprint density at radius 2 is 2.08 bits per heavy atom. The predicted octanol–water partition coefficient (Wildman–Crippen LogP) is 4.28. The molecule has 3 aromatic rings. The summed E-state index contributed by atoms with van der Waals surface area (Å²) in [7, 11) is 0. The molecule has 0 saturated heterocycles. The van der Waals surface area contributed by atoms with Crippen LogP contribution >= 0.6 is 34.4 Å². The molecule has 1 amide bonds. The van der Waals surface area contributed by atoms with E-state index in [0.717, 1.165) is 27.3 Å². The van der Waals surface area contributed by atoms with E-state index in [1.807, 2.05) is 36.4 Å². The molecule has 1 atom stereocenters. The van der Waals surface area contributed by atoms with Gasteiger partial charge in [0.1, 0.15) is 0 Å². The number of nitrogens with zero attached hydrogens (tertiary/aromatic N) is 2. The van der Waals surface area contributed by atoms with Crippen LogP contribution < -0.4 is 11.1 Å². The number of thiazole rings is 1. The Labute approximate surface area is 157 Å². The van der Waals surface area contributed by atoms with E-state index in [2.05, 4.69) is 22.2 Å². The van der Waals surface area contributed by atoms with Gasteiger partial charge in [-0.2, -0.15) is 0 Å². The zero-order valence-corrected chi connectivity index (χ0v) is 15.9. The molecular weight excluding hydrogens is 372 g/mol. The average Bonchev–Trinajstić information content (AvgIpc) is 3.21. The van der Waals surface area contributed by atoms with E-state index in [-0.39, 0.29) is 11.4 Å². The zero-order chi connectivity index (χ0) is 17.4. The molecule has 25 heavy (non-hydrogen) atoms. The Kier molecular flexibility index (Phi) is 4.26. The number of amidine groups is 1.